The molecule has 3 rings (SSSR count). The van der Waals surface area contributed by atoms with Gasteiger partial charge in [-0.05, 0) is 31.5 Å². The second-order valence-electron chi connectivity index (χ2n) is 8.45. The molecule has 0 radical (unpaired) electrons. The summed E-state index contributed by atoms with van der Waals surface area (Å²) in [5.41, 5.74) is 0.970. The smallest absolute Gasteiger partial charge is 0.238 e. The van der Waals surface area contributed by atoms with Crippen molar-refractivity contribution in [3.8, 4) is 0 Å². The van der Waals surface area contributed by atoms with Crippen molar-refractivity contribution in [3.63, 3.8) is 0 Å². The van der Waals surface area contributed by atoms with Crippen molar-refractivity contribution < 1.29 is 14.0 Å². The molecule has 0 unspecified atom stereocenters. The quantitative estimate of drug-likeness (QED) is 0.710. The van der Waals surface area contributed by atoms with E-state index < -0.39 is 5.82 Å². The predicted molar refractivity (Wildman–Crippen MR) is 122 cm³/mol. The van der Waals surface area contributed by atoms with Gasteiger partial charge in [0.05, 0.1) is 24.5 Å². The maximum Gasteiger partial charge on any atom is 0.238 e. The molecule has 32 heavy (non-hydrogen) atoms. The Kier molecular flexibility index (Phi) is 7.74. The Bertz CT molecular complexity index is 967. The van der Waals surface area contributed by atoms with Gasteiger partial charge in [0.15, 0.2) is 0 Å². The Balaban J connectivity index is 1.70. The number of rotatable bonds is 7. The maximum absolute atomic E-state index is 13.8. The summed E-state index contributed by atoms with van der Waals surface area (Å²) < 4.78 is 13.8. The molecule has 1 aliphatic heterocycles. The third kappa shape index (κ3) is 6.23. The van der Waals surface area contributed by atoms with Gasteiger partial charge in [-0.2, -0.15) is 0 Å². The first-order chi connectivity index (χ1) is 15.2. The minimum absolute atomic E-state index is 0.0266. The molecule has 1 atom stereocenters. The third-order valence-corrected chi connectivity index (χ3v) is 5.56. The Labute approximate surface area is 188 Å². The Hall–Kier alpha value is -3.07. The number of amides is 2. The molecule has 0 bridgehead atoms. The molecule has 0 saturated carbocycles. The Morgan fingerprint density at radius 3 is 2.66 bits per heavy atom. The average Bonchev–Trinajstić information content (AvgIpc) is 2.75. The van der Waals surface area contributed by atoms with Crippen LogP contribution in [-0.2, 0) is 16.1 Å². The van der Waals surface area contributed by atoms with Crippen LogP contribution in [0.25, 0.3) is 0 Å². The lowest BCUT2D eigenvalue weighted by molar-refractivity contribution is -0.128. The van der Waals surface area contributed by atoms with E-state index in [0.717, 1.165) is 36.7 Å². The number of hydrogen-bond acceptors (Lipinski definition) is 6. The molecule has 8 nitrogen and oxygen atoms in total. The van der Waals surface area contributed by atoms with Crippen molar-refractivity contribution in [2.24, 2.45) is 0 Å². The third-order valence-electron chi connectivity index (χ3n) is 5.56. The van der Waals surface area contributed by atoms with Gasteiger partial charge in [-0.1, -0.05) is 12.1 Å². The van der Waals surface area contributed by atoms with Gasteiger partial charge in [0.1, 0.15) is 17.5 Å². The van der Waals surface area contributed by atoms with Gasteiger partial charge < -0.3 is 15.1 Å². The van der Waals surface area contributed by atoms with E-state index in [9.17, 15) is 14.0 Å². The van der Waals surface area contributed by atoms with Crippen molar-refractivity contribution in [1.82, 2.24) is 19.8 Å². The highest BCUT2D eigenvalue weighted by molar-refractivity contribution is 5.92. The SMILES string of the molecule is CC(=O)N(C)Cc1cc(N(C)C)nc([C@@H]2CCCN(CC(=O)Nc3ccccc3F)C2)n1. The van der Waals surface area contributed by atoms with Gasteiger partial charge in [-0.25, -0.2) is 14.4 Å². The first-order valence-electron chi connectivity index (χ1n) is 10.8. The number of hydrogen-bond donors (Lipinski definition) is 1. The molecule has 9 heteroatoms. The molecule has 0 spiro atoms. The molecule has 2 aromatic rings. The molecule has 1 saturated heterocycles. The maximum atomic E-state index is 13.8. The van der Waals surface area contributed by atoms with Crippen LogP contribution in [0.15, 0.2) is 30.3 Å². The second-order valence-corrected chi connectivity index (χ2v) is 8.45. The lowest BCUT2D eigenvalue weighted by Crippen LogP contribution is -2.40. The number of likely N-dealkylation sites (tertiary alicyclic amines) is 1. The number of benzene rings is 1. The van der Waals surface area contributed by atoms with E-state index in [1.54, 1.807) is 30.1 Å². The Morgan fingerprint density at radius 1 is 1.22 bits per heavy atom. The highest BCUT2D eigenvalue weighted by Crippen LogP contribution is 2.26. The summed E-state index contributed by atoms with van der Waals surface area (Å²) in [5, 5.41) is 2.65. The van der Waals surface area contributed by atoms with Gasteiger partial charge >= 0.3 is 0 Å². The summed E-state index contributed by atoms with van der Waals surface area (Å²) in [4.78, 5) is 39.2. The Morgan fingerprint density at radius 2 is 1.97 bits per heavy atom. The number of carbonyl (C=O) groups excluding carboxylic acids is 2. The number of carbonyl (C=O) groups is 2. The van der Waals surface area contributed by atoms with Gasteiger partial charge in [-0.3, -0.25) is 14.5 Å². The lowest BCUT2D eigenvalue weighted by atomic mass is 9.97. The summed E-state index contributed by atoms with van der Waals surface area (Å²) in [5.74, 6) is 0.864. The number of nitrogens with one attached hydrogen (secondary N) is 1. The summed E-state index contributed by atoms with van der Waals surface area (Å²) in [6, 6.07) is 8.04. The summed E-state index contributed by atoms with van der Waals surface area (Å²) in [7, 11) is 5.59. The number of halogens is 1. The van der Waals surface area contributed by atoms with E-state index in [4.69, 9.17) is 9.97 Å². The second kappa shape index (κ2) is 10.5. The largest absolute Gasteiger partial charge is 0.363 e. The van der Waals surface area contributed by atoms with E-state index in [1.807, 2.05) is 25.1 Å². The molecule has 0 aliphatic carbocycles. The van der Waals surface area contributed by atoms with Crippen molar-refractivity contribution >= 4 is 23.3 Å². The number of para-hydroxylation sites is 1. The molecule has 2 heterocycles. The van der Waals surface area contributed by atoms with Crippen LogP contribution in [0.4, 0.5) is 15.9 Å². The van der Waals surface area contributed by atoms with E-state index in [0.29, 0.717) is 13.1 Å². The molecular weight excluding hydrogens is 411 g/mol. The van der Waals surface area contributed by atoms with Crippen molar-refractivity contribution in [1.29, 1.82) is 0 Å². The molecule has 1 fully saturated rings. The van der Waals surface area contributed by atoms with Crippen LogP contribution in [0.2, 0.25) is 0 Å². The zero-order valence-electron chi connectivity index (χ0n) is 19.1. The van der Waals surface area contributed by atoms with Crippen molar-refractivity contribution in [3.05, 3.63) is 47.7 Å². The molecule has 1 aromatic carbocycles. The van der Waals surface area contributed by atoms with Crippen molar-refractivity contribution in [2.45, 2.75) is 32.2 Å². The van der Waals surface area contributed by atoms with E-state index >= 15 is 0 Å². The molecule has 2 amide bonds. The monoisotopic (exact) mass is 442 g/mol. The van der Waals surface area contributed by atoms with Gasteiger partial charge in [0.25, 0.3) is 0 Å². The van der Waals surface area contributed by atoms with E-state index in [2.05, 4.69) is 10.2 Å². The van der Waals surface area contributed by atoms with Crippen LogP contribution in [0, 0.1) is 5.82 Å². The highest BCUT2D eigenvalue weighted by atomic mass is 19.1. The highest BCUT2D eigenvalue weighted by Gasteiger charge is 2.26. The number of piperidine rings is 1. The van der Waals surface area contributed by atoms with Crippen LogP contribution in [-0.4, -0.2) is 72.4 Å². The van der Waals surface area contributed by atoms with Crippen LogP contribution in [0.3, 0.4) is 0 Å². The predicted octanol–water partition coefficient (Wildman–Crippen LogP) is 2.48. The number of aromatic nitrogens is 2. The fraction of sp³-hybridized carbons (Fsp3) is 0.478. The van der Waals surface area contributed by atoms with Crippen LogP contribution >= 0.6 is 0 Å². The van der Waals surface area contributed by atoms with Crippen LogP contribution in [0.1, 0.15) is 37.2 Å². The minimum atomic E-state index is -0.450. The number of anilines is 2. The topological polar surface area (TPSA) is 81.7 Å². The standard InChI is InChI=1S/C23H31FN6O2/c1-16(31)29(4)14-18-12-21(28(2)3)27-23(25-18)17-8-7-11-30(13-17)15-22(32)26-20-10-6-5-9-19(20)24/h5-6,9-10,12,17H,7-8,11,13-15H2,1-4H3,(H,26,32)/t17-/m1/s1. The van der Waals surface area contributed by atoms with Gasteiger partial charge in [-0.15, -0.1) is 0 Å². The molecule has 172 valence electrons. The van der Waals surface area contributed by atoms with E-state index in [-0.39, 0.29) is 30.0 Å². The normalized spacial score (nSPS) is 16.5. The zero-order valence-corrected chi connectivity index (χ0v) is 19.1. The fourth-order valence-electron chi connectivity index (χ4n) is 3.72. The fourth-order valence-corrected chi connectivity index (χ4v) is 3.72. The molecule has 1 aliphatic rings. The number of nitrogens with zero attached hydrogens (tertiary/aromatic N) is 5. The average molecular weight is 443 g/mol. The zero-order chi connectivity index (χ0) is 23.3. The molecule has 1 aromatic heterocycles. The lowest BCUT2D eigenvalue weighted by Gasteiger charge is -2.32. The van der Waals surface area contributed by atoms with Crippen LogP contribution in [0.5, 0.6) is 0 Å². The molecule has 1 N–H and O–H groups in total. The first kappa shape index (κ1) is 23.6. The summed E-state index contributed by atoms with van der Waals surface area (Å²) in [6.07, 6.45) is 1.83. The first-order valence-corrected chi connectivity index (χ1v) is 10.8. The van der Waals surface area contributed by atoms with Crippen molar-refractivity contribution in [2.75, 3.05) is 51.0 Å². The van der Waals surface area contributed by atoms with Crippen LogP contribution < -0.4 is 10.2 Å². The molecular formula is C23H31FN6O2. The van der Waals surface area contributed by atoms with E-state index in [1.165, 1.54) is 13.0 Å². The van der Waals surface area contributed by atoms with Gasteiger partial charge in [0.2, 0.25) is 11.8 Å². The minimum Gasteiger partial charge on any atom is -0.363 e. The van der Waals surface area contributed by atoms with Gasteiger partial charge in [0, 0.05) is 46.6 Å². The summed E-state index contributed by atoms with van der Waals surface area (Å²) >= 11 is 0. The summed E-state index contributed by atoms with van der Waals surface area (Å²) in [6.45, 7) is 3.55.